The van der Waals surface area contributed by atoms with E-state index in [1.165, 1.54) is 32.0 Å². The van der Waals surface area contributed by atoms with Crippen LogP contribution in [0.25, 0.3) is 0 Å². The zero-order valence-electron chi connectivity index (χ0n) is 8.70. The fourth-order valence-electron chi connectivity index (χ4n) is 3.43. The third-order valence-electron chi connectivity index (χ3n) is 4.06. The molecule has 2 fully saturated rings. The maximum atomic E-state index is 10.8. The molecule has 0 aromatic rings. The average molecular weight is 180 g/mol. The van der Waals surface area contributed by atoms with Crippen molar-refractivity contribution < 1.29 is 4.79 Å². The van der Waals surface area contributed by atoms with Gasteiger partial charge in [-0.1, -0.05) is 39.5 Å². The summed E-state index contributed by atoms with van der Waals surface area (Å²) in [5, 5.41) is 0. The van der Waals surface area contributed by atoms with E-state index >= 15 is 0 Å². The number of hydrogen-bond donors (Lipinski definition) is 0. The van der Waals surface area contributed by atoms with Crippen molar-refractivity contribution in [1.29, 1.82) is 0 Å². The topological polar surface area (TPSA) is 17.1 Å². The smallest absolute Gasteiger partial charge is 0.123 e. The molecular formula is C12H20O. The lowest BCUT2D eigenvalue weighted by Gasteiger charge is -2.08. The van der Waals surface area contributed by atoms with Crippen LogP contribution < -0.4 is 0 Å². The largest absolute Gasteiger partial charge is 0.303 e. The standard InChI is InChI=1S/C12H20O/c1-8(2)11-10(7-13)12(11)9-5-3-4-6-9/h7-12H,3-6H2,1-2H3/t10-,11-,12+/m1/s1. The zero-order valence-corrected chi connectivity index (χ0v) is 8.70. The maximum absolute atomic E-state index is 10.8. The van der Waals surface area contributed by atoms with E-state index in [2.05, 4.69) is 13.8 Å². The van der Waals surface area contributed by atoms with E-state index in [0.29, 0.717) is 11.8 Å². The summed E-state index contributed by atoms with van der Waals surface area (Å²) in [4.78, 5) is 10.8. The Hall–Kier alpha value is -0.330. The summed E-state index contributed by atoms with van der Waals surface area (Å²) in [5.41, 5.74) is 0. The third-order valence-corrected chi connectivity index (χ3v) is 4.06. The molecule has 0 radical (unpaired) electrons. The Morgan fingerprint density at radius 3 is 2.23 bits per heavy atom. The van der Waals surface area contributed by atoms with Gasteiger partial charge in [0.05, 0.1) is 0 Å². The molecule has 0 spiro atoms. The summed E-state index contributed by atoms with van der Waals surface area (Å²) in [6.07, 6.45) is 6.79. The van der Waals surface area contributed by atoms with E-state index in [9.17, 15) is 4.79 Å². The number of carbonyl (C=O) groups excluding carboxylic acids is 1. The Morgan fingerprint density at radius 2 is 1.85 bits per heavy atom. The minimum Gasteiger partial charge on any atom is -0.303 e. The fourth-order valence-corrected chi connectivity index (χ4v) is 3.43. The molecule has 2 aliphatic carbocycles. The Labute approximate surface area is 80.9 Å². The Bertz CT molecular complexity index is 191. The second-order valence-corrected chi connectivity index (χ2v) is 5.16. The van der Waals surface area contributed by atoms with Crippen molar-refractivity contribution >= 4 is 6.29 Å². The van der Waals surface area contributed by atoms with Crippen LogP contribution >= 0.6 is 0 Å². The van der Waals surface area contributed by atoms with Gasteiger partial charge >= 0.3 is 0 Å². The fraction of sp³-hybridized carbons (Fsp3) is 0.917. The normalized spacial score (nSPS) is 39.8. The highest BCUT2D eigenvalue weighted by Crippen LogP contribution is 2.57. The van der Waals surface area contributed by atoms with Crippen LogP contribution in [0.4, 0.5) is 0 Å². The summed E-state index contributed by atoms with van der Waals surface area (Å²) in [6, 6.07) is 0. The van der Waals surface area contributed by atoms with E-state index < -0.39 is 0 Å². The summed E-state index contributed by atoms with van der Waals surface area (Å²) in [6.45, 7) is 4.52. The van der Waals surface area contributed by atoms with Crippen LogP contribution in [0, 0.1) is 29.6 Å². The van der Waals surface area contributed by atoms with Gasteiger partial charge < -0.3 is 4.79 Å². The molecule has 3 atom stereocenters. The first-order valence-electron chi connectivity index (χ1n) is 5.71. The van der Waals surface area contributed by atoms with E-state index in [0.717, 1.165) is 17.8 Å². The van der Waals surface area contributed by atoms with Gasteiger partial charge in [-0.2, -0.15) is 0 Å². The molecule has 0 aliphatic heterocycles. The Morgan fingerprint density at radius 1 is 1.23 bits per heavy atom. The number of aldehydes is 1. The first kappa shape index (κ1) is 9.23. The molecule has 1 heteroatoms. The van der Waals surface area contributed by atoms with Gasteiger partial charge in [0.1, 0.15) is 6.29 Å². The molecule has 13 heavy (non-hydrogen) atoms. The first-order chi connectivity index (χ1) is 6.25. The second kappa shape index (κ2) is 3.43. The van der Waals surface area contributed by atoms with Gasteiger partial charge in [0, 0.05) is 5.92 Å². The molecule has 0 amide bonds. The van der Waals surface area contributed by atoms with Crippen LogP contribution in [0.5, 0.6) is 0 Å². The number of hydrogen-bond acceptors (Lipinski definition) is 1. The predicted molar refractivity (Wildman–Crippen MR) is 53.3 cm³/mol. The molecule has 1 nitrogen and oxygen atoms in total. The van der Waals surface area contributed by atoms with Crippen LogP contribution in [-0.4, -0.2) is 6.29 Å². The van der Waals surface area contributed by atoms with Crippen molar-refractivity contribution in [2.75, 3.05) is 0 Å². The van der Waals surface area contributed by atoms with Gasteiger partial charge in [-0.25, -0.2) is 0 Å². The van der Waals surface area contributed by atoms with E-state index in [-0.39, 0.29) is 0 Å². The molecule has 0 bridgehead atoms. The van der Waals surface area contributed by atoms with Crippen molar-refractivity contribution in [3.05, 3.63) is 0 Å². The van der Waals surface area contributed by atoms with Gasteiger partial charge in [0.25, 0.3) is 0 Å². The summed E-state index contributed by atoms with van der Waals surface area (Å²) < 4.78 is 0. The molecule has 0 N–H and O–H groups in total. The average Bonchev–Trinajstić information content (AvgIpc) is 2.60. The molecular weight excluding hydrogens is 160 g/mol. The van der Waals surface area contributed by atoms with Crippen LogP contribution in [0.15, 0.2) is 0 Å². The highest BCUT2D eigenvalue weighted by molar-refractivity contribution is 5.59. The predicted octanol–water partition coefficient (Wildman–Crippen LogP) is 2.89. The quantitative estimate of drug-likeness (QED) is 0.610. The van der Waals surface area contributed by atoms with Gasteiger partial charge in [-0.05, 0) is 23.7 Å². The summed E-state index contributed by atoms with van der Waals surface area (Å²) in [7, 11) is 0. The van der Waals surface area contributed by atoms with Crippen molar-refractivity contribution in [2.24, 2.45) is 29.6 Å². The Balaban J connectivity index is 1.96. The van der Waals surface area contributed by atoms with Gasteiger partial charge in [0.2, 0.25) is 0 Å². The summed E-state index contributed by atoms with van der Waals surface area (Å²) >= 11 is 0. The number of carbonyl (C=O) groups is 1. The summed E-state index contributed by atoms with van der Waals surface area (Å²) in [5.74, 6) is 3.51. The van der Waals surface area contributed by atoms with Crippen molar-refractivity contribution in [2.45, 2.75) is 39.5 Å². The van der Waals surface area contributed by atoms with Crippen LogP contribution in [0.1, 0.15) is 39.5 Å². The van der Waals surface area contributed by atoms with Crippen molar-refractivity contribution in [3.8, 4) is 0 Å². The second-order valence-electron chi connectivity index (χ2n) is 5.16. The lowest BCUT2D eigenvalue weighted by Crippen LogP contribution is -2.01. The Kier molecular flexibility index (Phi) is 2.44. The molecule has 74 valence electrons. The molecule has 0 heterocycles. The third kappa shape index (κ3) is 1.53. The molecule has 2 aliphatic rings. The molecule has 0 saturated heterocycles. The molecule has 0 aromatic heterocycles. The van der Waals surface area contributed by atoms with Crippen molar-refractivity contribution in [3.63, 3.8) is 0 Å². The van der Waals surface area contributed by atoms with Crippen LogP contribution in [-0.2, 0) is 4.79 Å². The monoisotopic (exact) mass is 180 g/mol. The lowest BCUT2D eigenvalue weighted by atomic mass is 9.97. The van der Waals surface area contributed by atoms with E-state index in [1.807, 2.05) is 0 Å². The first-order valence-corrected chi connectivity index (χ1v) is 5.71. The molecule has 0 aromatic carbocycles. The molecule has 0 unspecified atom stereocenters. The van der Waals surface area contributed by atoms with Crippen LogP contribution in [0.3, 0.4) is 0 Å². The number of rotatable bonds is 3. The van der Waals surface area contributed by atoms with Crippen LogP contribution in [0.2, 0.25) is 0 Å². The molecule has 2 saturated carbocycles. The van der Waals surface area contributed by atoms with Gasteiger partial charge in [0.15, 0.2) is 0 Å². The highest BCUT2D eigenvalue weighted by Gasteiger charge is 2.54. The SMILES string of the molecule is CC(C)[C@@H]1[C@@H](C=O)[C@@H]1C1CCCC1. The minimum absolute atomic E-state index is 0.420. The lowest BCUT2D eigenvalue weighted by molar-refractivity contribution is -0.109. The highest BCUT2D eigenvalue weighted by atomic mass is 16.1. The maximum Gasteiger partial charge on any atom is 0.123 e. The molecule has 2 rings (SSSR count). The van der Waals surface area contributed by atoms with Crippen molar-refractivity contribution in [1.82, 2.24) is 0 Å². The zero-order chi connectivity index (χ0) is 9.42. The van der Waals surface area contributed by atoms with E-state index in [1.54, 1.807) is 0 Å². The van der Waals surface area contributed by atoms with Gasteiger partial charge in [-0.3, -0.25) is 0 Å². The minimum atomic E-state index is 0.420. The van der Waals surface area contributed by atoms with Gasteiger partial charge in [-0.15, -0.1) is 0 Å². The van der Waals surface area contributed by atoms with E-state index in [4.69, 9.17) is 0 Å².